The Hall–Kier alpha value is -3.22. The molecule has 0 spiro atoms. The lowest BCUT2D eigenvalue weighted by Gasteiger charge is -2.37. The molecule has 1 unspecified atom stereocenters. The minimum Gasteiger partial charge on any atom is -0.381 e. The third-order valence-electron chi connectivity index (χ3n) is 8.70. The van der Waals surface area contributed by atoms with Gasteiger partial charge in [0.25, 0.3) is 5.91 Å². The summed E-state index contributed by atoms with van der Waals surface area (Å²) in [6.07, 6.45) is 8.02. The molecule has 1 saturated heterocycles. The molecule has 1 aliphatic carbocycles. The third kappa shape index (κ3) is 7.78. The monoisotopic (exact) mass is 571 g/mol. The number of allylic oxidation sites excluding steroid dienone is 3. The summed E-state index contributed by atoms with van der Waals surface area (Å²) in [6, 6.07) is 13.4. The second kappa shape index (κ2) is 14.8. The van der Waals surface area contributed by atoms with Crippen LogP contribution in [0.2, 0.25) is 0 Å². The summed E-state index contributed by atoms with van der Waals surface area (Å²) in [5.74, 6) is -0.409. The van der Waals surface area contributed by atoms with E-state index in [2.05, 4.69) is 73.3 Å². The second-order valence-electron chi connectivity index (χ2n) is 12.0. The minimum atomic E-state index is -0.323. The number of nitrogens with zero attached hydrogens (tertiary/aromatic N) is 2. The van der Waals surface area contributed by atoms with Crippen molar-refractivity contribution >= 4 is 17.4 Å². The zero-order valence-corrected chi connectivity index (χ0v) is 26.5. The van der Waals surface area contributed by atoms with Gasteiger partial charge in [0, 0.05) is 50.1 Å². The topological polar surface area (TPSA) is 61.9 Å². The Morgan fingerprint density at radius 1 is 1.02 bits per heavy atom. The van der Waals surface area contributed by atoms with E-state index in [-0.39, 0.29) is 17.6 Å². The molecular formula is C36H49N3O3. The Balaban J connectivity index is 1.68. The van der Waals surface area contributed by atoms with Crippen molar-refractivity contribution in [3.63, 3.8) is 0 Å². The number of amides is 1. The molecule has 6 heteroatoms. The number of hydrogen-bond acceptors (Lipinski definition) is 5. The molecule has 1 fully saturated rings. The first-order valence-corrected chi connectivity index (χ1v) is 15.7. The first-order valence-electron chi connectivity index (χ1n) is 15.7. The van der Waals surface area contributed by atoms with Crippen LogP contribution >= 0.6 is 0 Å². The van der Waals surface area contributed by atoms with Gasteiger partial charge in [0.05, 0.1) is 5.92 Å². The number of nitrogens with one attached hydrogen (secondary N) is 1. The number of anilines is 1. The highest BCUT2D eigenvalue weighted by Gasteiger charge is 2.26. The first kappa shape index (κ1) is 31.7. The van der Waals surface area contributed by atoms with Crippen LogP contribution in [0.25, 0.3) is 11.1 Å². The molecule has 1 amide bonds. The molecule has 1 heterocycles. The predicted octanol–water partition coefficient (Wildman–Crippen LogP) is 6.72. The molecule has 42 heavy (non-hydrogen) atoms. The number of benzene rings is 2. The molecule has 1 aliphatic heterocycles. The molecule has 2 aromatic carbocycles. The molecule has 6 nitrogen and oxygen atoms in total. The van der Waals surface area contributed by atoms with E-state index in [1.54, 1.807) is 6.08 Å². The molecule has 1 atom stereocenters. The van der Waals surface area contributed by atoms with Crippen molar-refractivity contribution in [1.82, 2.24) is 10.2 Å². The van der Waals surface area contributed by atoms with Crippen LogP contribution in [0.3, 0.4) is 0 Å². The predicted molar refractivity (Wildman–Crippen MR) is 173 cm³/mol. The van der Waals surface area contributed by atoms with Crippen molar-refractivity contribution < 1.29 is 14.3 Å². The van der Waals surface area contributed by atoms with Crippen LogP contribution in [0.5, 0.6) is 0 Å². The Kier molecular flexibility index (Phi) is 11.2. The van der Waals surface area contributed by atoms with Crippen LogP contribution in [-0.2, 0) is 16.1 Å². The quantitative estimate of drug-likeness (QED) is 0.306. The highest BCUT2D eigenvalue weighted by atomic mass is 16.5. The molecule has 0 radical (unpaired) electrons. The summed E-state index contributed by atoms with van der Waals surface area (Å²) in [6.45, 7) is 15.0. The maximum atomic E-state index is 13.8. The summed E-state index contributed by atoms with van der Waals surface area (Å²) in [7, 11) is 2.17. The standard InChI is InChI=1S/C36H49N3O3/c1-7-9-15-38(6)24-28-11-10-12-29(20-28)30-21-32(36(41)37-23-33-26(4)18-25(3)19-35(33)40)27(5)34(22-30)39(8-2)31-13-16-42-17-14-31/h10-12,18-22,31,33H,7-9,13-17,23-24H2,1-6H3,(H,37,41). The fourth-order valence-corrected chi connectivity index (χ4v) is 6.29. The first-order chi connectivity index (χ1) is 20.2. The molecule has 226 valence electrons. The van der Waals surface area contributed by atoms with Gasteiger partial charge in [0.1, 0.15) is 0 Å². The van der Waals surface area contributed by atoms with Crippen molar-refractivity contribution in [2.45, 2.75) is 72.9 Å². The van der Waals surface area contributed by atoms with Gasteiger partial charge in [-0.25, -0.2) is 0 Å². The highest BCUT2D eigenvalue weighted by Crippen LogP contribution is 2.34. The molecule has 0 aromatic heterocycles. The van der Waals surface area contributed by atoms with Crippen molar-refractivity contribution in [3.05, 3.63) is 76.4 Å². The Labute approximate surface area is 252 Å². The van der Waals surface area contributed by atoms with Gasteiger partial charge in [-0.05, 0) is 113 Å². The zero-order chi connectivity index (χ0) is 30.2. The lowest BCUT2D eigenvalue weighted by Crippen LogP contribution is -2.40. The molecule has 2 aliphatic rings. The maximum Gasteiger partial charge on any atom is 0.251 e. The van der Waals surface area contributed by atoms with E-state index in [1.807, 2.05) is 26.0 Å². The van der Waals surface area contributed by atoms with Gasteiger partial charge < -0.3 is 19.9 Å². The van der Waals surface area contributed by atoms with Gasteiger partial charge in [0.15, 0.2) is 5.78 Å². The number of carbonyl (C=O) groups is 2. The summed E-state index contributed by atoms with van der Waals surface area (Å²) in [5, 5.41) is 3.11. The molecular weight excluding hydrogens is 522 g/mol. The molecule has 1 N–H and O–H groups in total. The summed E-state index contributed by atoms with van der Waals surface area (Å²) in [5.41, 5.74) is 8.08. The van der Waals surface area contributed by atoms with Crippen LogP contribution < -0.4 is 10.2 Å². The van der Waals surface area contributed by atoms with Gasteiger partial charge >= 0.3 is 0 Å². The SMILES string of the molecule is CCCCN(C)Cc1cccc(-c2cc(C(=O)NCC3C(=O)C=C(C)C=C3C)c(C)c(N(CC)C3CCOCC3)c2)c1. The van der Waals surface area contributed by atoms with Gasteiger partial charge in [-0.3, -0.25) is 9.59 Å². The zero-order valence-electron chi connectivity index (χ0n) is 26.5. The minimum absolute atomic E-state index is 0.0522. The number of carbonyl (C=O) groups excluding carboxylic acids is 2. The summed E-state index contributed by atoms with van der Waals surface area (Å²) >= 11 is 0. The average Bonchev–Trinajstić information content (AvgIpc) is 2.97. The van der Waals surface area contributed by atoms with E-state index >= 15 is 0 Å². The Bertz CT molecular complexity index is 1320. The van der Waals surface area contributed by atoms with Crippen molar-refractivity contribution in [3.8, 4) is 11.1 Å². The van der Waals surface area contributed by atoms with E-state index in [0.29, 0.717) is 18.2 Å². The normalized spacial score (nSPS) is 17.7. The number of hydrogen-bond donors (Lipinski definition) is 1. The van der Waals surface area contributed by atoms with Crippen molar-refractivity contribution in [1.29, 1.82) is 0 Å². The van der Waals surface area contributed by atoms with E-state index in [4.69, 9.17) is 4.74 Å². The highest BCUT2D eigenvalue weighted by molar-refractivity contribution is 6.00. The number of rotatable bonds is 12. The van der Waals surface area contributed by atoms with Crippen LogP contribution in [-0.4, -0.2) is 62.5 Å². The van der Waals surface area contributed by atoms with Gasteiger partial charge in [-0.1, -0.05) is 43.2 Å². The van der Waals surface area contributed by atoms with Gasteiger partial charge in [0.2, 0.25) is 0 Å². The largest absolute Gasteiger partial charge is 0.381 e. The summed E-state index contributed by atoms with van der Waals surface area (Å²) < 4.78 is 5.67. The van der Waals surface area contributed by atoms with Crippen LogP contribution in [0, 0.1) is 12.8 Å². The fourth-order valence-electron chi connectivity index (χ4n) is 6.29. The molecule has 2 aromatic rings. The van der Waals surface area contributed by atoms with Crippen LogP contribution in [0.15, 0.2) is 59.7 Å². The van der Waals surface area contributed by atoms with E-state index in [1.165, 1.54) is 18.4 Å². The van der Waals surface area contributed by atoms with Crippen LogP contribution in [0.1, 0.15) is 74.9 Å². The molecule has 4 rings (SSSR count). The lowest BCUT2D eigenvalue weighted by molar-refractivity contribution is -0.117. The van der Waals surface area contributed by atoms with E-state index in [9.17, 15) is 9.59 Å². The lowest BCUT2D eigenvalue weighted by atomic mass is 9.88. The van der Waals surface area contributed by atoms with Gasteiger partial charge in [-0.2, -0.15) is 0 Å². The fraction of sp³-hybridized carbons (Fsp3) is 0.500. The smallest absolute Gasteiger partial charge is 0.251 e. The third-order valence-corrected chi connectivity index (χ3v) is 8.70. The van der Waals surface area contributed by atoms with Crippen molar-refractivity contribution in [2.24, 2.45) is 5.92 Å². The maximum absolute atomic E-state index is 13.8. The molecule has 0 bridgehead atoms. The molecule has 0 saturated carbocycles. The van der Waals surface area contributed by atoms with Crippen LogP contribution in [0.4, 0.5) is 5.69 Å². The number of ketones is 1. The second-order valence-corrected chi connectivity index (χ2v) is 12.0. The number of unbranched alkanes of at least 4 members (excludes halogenated alkanes) is 1. The van der Waals surface area contributed by atoms with Gasteiger partial charge in [-0.15, -0.1) is 0 Å². The summed E-state index contributed by atoms with van der Waals surface area (Å²) in [4.78, 5) is 31.3. The Morgan fingerprint density at radius 3 is 2.48 bits per heavy atom. The van der Waals surface area contributed by atoms with E-state index < -0.39 is 0 Å². The van der Waals surface area contributed by atoms with E-state index in [0.717, 1.165) is 79.2 Å². The number of ether oxygens (including phenoxy) is 1. The van der Waals surface area contributed by atoms with Crippen molar-refractivity contribution in [2.75, 3.05) is 44.8 Å². The average molecular weight is 572 g/mol. The Morgan fingerprint density at radius 2 is 1.79 bits per heavy atom.